The Hall–Kier alpha value is -0.730. The average Bonchev–Trinajstić information content (AvgIpc) is 2.31. The minimum Gasteiger partial charge on any atom is -0.326 e. The summed E-state index contributed by atoms with van der Waals surface area (Å²) in [6.07, 6.45) is 3.00. The fraction of sp³-hybridized carbons (Fsp3) is 0.500. The number of hydrogen-bond acceptors (Lipinski definition) is 1. The highest BCUT2D eigenvalue weighted by atomic mass is 35.5. The number of halogens is 2. The van der Waals surface area contributed by atoms with Gasteiger partial charge in [-0.1, -0.05) is 56.8 Å². The molecule has 1 N–H and O–H groups in total. The Morgan fingerprint density at radius 2 is 1.94 bits per heavy atom. The molecule has 0 saturated heterocycles. The SMILES string of the molecule is CCCCC(C)(C)C(=O)Nc1ccc(Cl)c(Cl)c1. The number of rotatable bonds is 5. The first-order chi connectivity index (χ1) is 8.36. The minimum atomic E-state index is -0.373. The van der Waals surface area contributed by atoms with Crippen molar-refractivity contribution >= 4 is 34.8 Å². The van der Waals surface area contributed by atoms with E-state index in [4.69, 9.17) is 23.2 Å². The molecule has 100 valence electrons. The summed E-state index contributed by atoms with van der Waals surface area (Å²) < 4.78 is 0. The first kappa shape index (κ1) is 15.3. The summed E-state index contributed by atoms with van der Waals surface area (Å²) in [6.45, 7) is 6.03. The molecule has 0 aliphatic carbocycles. The molecule has 2 nitrogen and oxygen atoms in total. The zero-order valence-corrected chi connectivity index (χ0v) is 12.5. The molecule has 0 fully saturated rings. The van der Waals surface area contributed by atoms with Crippen LogP contribution in [0.15, 0.2) is 18.2 Å². The lowest BCUT2D eigenvalue weighted by Gasteiger charge is -2.23. The molecule has 1 aromatic carbocycles. The Bertz CT molecular complexity index is 430. The Morgan fingerprint density at radius 3 is 2.50 bits per heavy atom. The van der Waals surface area contributed by atoms with Crippen molar-refractivity contribution < 1.29 is 4.79 Å². The fourth-order valence-electron chi connectivity index (χ4n) is 1.61. The van der Waals surface area contributed by atoms with Gasteiger partial charge in [-0.15, -0.1) is 0 Å². The summed E-state index contributed by atoms with van der Waals surface area (Å²) in [4.78, 5) is 12.1. The van der Waals surface area contributed by atoms with Crippen LogP contribution in [0.4, 0.5) is 5.69 Å². The van der Waals surface area contributed by atoms with Crippen molar-refractivity contribution in [3.63, 3.8) is 0 Å². The zero-order valence-electron chi connectivity index (χ0n) is 11.0. The molecule has 0 spiro atoms. The van der Waals surface area contributed by atoms with Gasteiger partial charge in [-0.2, -0.15) is 0 Å². The van der Waals surface area contributed by atoms with E-state index in [-0.39, 0.29) is 11.3 Å². The van der Waals surface area contributed by atoms with Crippen molar-refractivity contribution in [3.05, 3.63) is 28.2 Å². The van der Waals surface area contributed by atoms with Crippen LogP contribution in [0.2, 0.25) is 10.0 Å². The molecule has 0 heterocycles. The van der Waals surface area contributed by atoms with Gasteiger partial charge >= 0.3 is 0 Å². The first-order valence-electron chi connectivity index (χ1n) is 6.13. The lowest BCUT2D eigenvalue weighted by atomic mass is 9.86. The van der Waals surface area contributed by atoms with E-state index >= 15 is 0 Å². The molecule has 1 aromatic rings. The number of anilines is 1. The number of carbonyl (C=O) groups is 1. The van der Waals surface area contributed by atoms with Gasteiger partial charge in [0, 0.05) is 11.1 Å². The molecule has 0 unspecified atom stereocenters. The highest BCUT2D eigenvalue weighted by Crippen LogP contribution is 2.28. The maximum atomic E-state index is 12.1. The van der Waals surface area contributed by atoms with Gasteiger partial charge < -0.3 is 5.32 Å². The van der Waals surface area contributed by atoms with Gasteiger partial charge in [0.15, 0.2) is 0 Å². The summed E-state index contributed by atoms with van der Waals surface area (Å²) in [5.74, 6) is 0.00865. The summed E-state index contributed by atoms with van der Waals surface area (Å²) in [5.41, 5.74) is 0.307. The number of carbonyl (C=O) groups excluding carboxylic acids is 1. The van der Waals surface area contributed by atoms with Gasteiger partial charge in [-0.25, -0.2) is 0 Å². The first-order valence-corrected chi connectivity index (χ1v) is 6.89. The van der Waals surface area contributed by atoms with Gasteiger partial charge in [-0.05, 0) is 24.6 Å². The maximum absolute atomic E-state index is 12.1. The summed E-state index contributed by atoms with van der Waals surface area (Å²) in [7, 11) is 0. The molecule has 0 aliphatic rings. The second-order valence-electron chi connectivity index (χ2n) is 5.07. The topological polar surface area (TPSA) is 29.1 Å². The Balaban J connectivity index is 2.71. The molecule has 0 aromatic heterocycles. The van der Waals surface area contributed by atoms with E-state index in [9.17, 15) is 4.79 Å². The van der Waals surface area contributed by atoms with Crippen LogP contribution < -0.4 is 5.32 Å². The number of benzene rings is 1. The predicted molar refractivity (Wildman–Crippen MR) is 78.4 cm³/mol. The van der Waals surface area contributed by atoms with Crippen LogP contribution in [-0.4, -0.2) is 5.91 Å². The van der Waals surface area contributed by atoms with E-state index in [1.807, 2.05) is 13.8 Å². The van der Waals surface area contributed by atoms with Crippen LogP contribution >= 0.6 is 23.2 Å². The summed E-state index contributed by atoms with van der Waals surface area (Å²) >= 11 is 11.7. The summed E-state index contributed by atoms with van der Waals surface area (Å²) in [6, 6.07) is 5.10. The molecule has 0 aliphatic heterocycles. The van der Waals surface area contributed by atoms with E-state index in [0.717, 1.165) is 19.3 Å². The number of nitrogens with one attached hydrogen (secondary N) is 1. The highest BCUT2D eigenvalue weighted by molar-refractivity contribution is 6.42. The van der Waals surface area contributed by atoms with Crippen molar-refractivity contribution in [2.75, 3.05) is 5.32 Å². The van der Waals surface area contributed by atoms with Crippen LogP contribution in [0.3, 0.4) is 0 Å². The molecule has 1 amide bonds. The van der Waals surface area contributed by atoms with Crippen molar-refractivity contribution in [2.45, 2.75) is 40.0 Å². The normalized spacial score (nSPS) is 11.4. The standard InChI is InChI=1S/C14H19Cl2NO/c1-4-5-8-14(2,3)13(18)17-10-6-7-11(15)12(16)9-10/h6-7,9H,4-5,8H2,1-3H3,(H,17,18). The molecule has 1 rings (SSSR count). The largest absolute Gasteiger partial charge is 0.326 e. The predicted octanol–water partition coefficient (Wildman–Crippen LogP) is 5.15. The van der Waals surface area contributed by atoms with Gasteiger partial charge in [0.1, 0.15) is 0 Å². The third-order valence-corrected chi connectivity index (χ3v) is 3.69. The molecular weight excluding hydrogens is 269 g/mol. The molecule has 0 saturated carbocycles. The Morgan fingerprint density at radius 1 is 1.28 bits per heavy atom. The Labute approximate surface area is 119 Å². The van der Waals surface area contributed by atoms with Gasteiger partial charge in [0.05, 0.1) is 10.0 Å². The molecule has 18 heavy (non-hydrogen) atoms. The highest BCUT2D eigenvalue weighted by Gasteiger charge is 2.26. The monoisotopic (exact) mass is 287 g/mol. The molecule has 4 heteroatoms. The van der Waals surface area contributed by atoms with Gasteiger partial charge in [-0.3, -0.25) is 4.79 Å². The maximum Gasteiger partial charge on any atom is 0.230 e. The van der Waals surface area contributed by atoms with E-state index in [0.29, 0.717) is 15.7 Å². The van der Waals surface area contributed by atoms with Crippen molar-refractivity contribution in [1.82, 2.24) is 0 Å². The number of amides is 1. The smallest absolute Gasteiger partial charge is 0.230 e. The van der Waals surface area contributed by atoms with E-state index in [2.05, 4.69) is 12.2 Å². The third kappa shape index (κ3) is 4.18. The number of unbranched alkanes of at least 4 members (excludes halogenated alkanes) is 1. The summed E-state index contributed by atoms with van der Waals surface area (Å²) in [5, 5.41) is 3.81. The average molecular weight is 288 g/mol. The van der Waals surface area contributed by atoms with E-state index < -0.39 is 0 Å². The van der Waals surface area contributed by atoms with Crippen molar-refractivity contribution in [3.8, 4) is 0 Å². The molecular formula is C14H19Cl2NO. The lowest BCUT2D eigenvalue weighted by molar-refractivity contribution is -0.124. The second-order valence-corrected chi connectivity index (χ2v) is 5.88. The lowest BCUT2D eigenvalue weighted by Crippen LogP contribution is -2.30. The van der Waals surface area contributed by atoms with Crippen LogP contribution in [0.5, 0.6) is 0 Å². The minimum absolute atomic E-state index is 0.00865. The van der Waals surface area contributed by atoms with Crippen LogP contribution in [0, 0.1) is 5.41 Å². The van der Waals surface area contributed by atoms with E-state index in [1.54, 1.807) is 18.2 Å². The van der Waals surface area contributed by atoms with E-state index in [1.165, 1.54) is 0 Å². The van der Waals surface area contributed by atoms with Crippen LogP contribution in [0.25, 0.3) is 0 Å². The molecule has 0 atom stereocenters. The van der Waals surface area contributed by atoms with Crippen molar-refractivity contribution in [2.24, 2.45) is 5.41 Å². The van der Waals surface area contributed by atoms with Crippen LogP contribution in [-0.2, 0) is 4.79 Å². The zero-order chi connectivity index (χ0) is 13.8. The third-order valence-electron chi connectivity index (χ3n) is 2.95. The van der Waals surface area contributed by atoms with Crippen molar-refractivity contribution in [1.29, 1.82) is 0 Å². The molecule has 0 radical (unpaired) electrons. The van der Waals surface area contributed by atoms with Gasteiger partial charge in [0.25, 0.3) is 0 Å². The second kappa shape index (κ2) is 6.44. The Kier molecular flexibility index (Phi) is 5.48. The van der Waals surface area contributed by atoms with Crippen LogP contribution in [0.1, 0.15) is 40.0 Å². The molecule has 0 bridgehead atoms. The number of hydrogen-bond donors (Lipinski definition) is 1. The quantitative estimate of drug-likeness (QED) is 0.797. The van der Waals surface area contributed by atoms with Gasteiger partial charge in [0.2, 0.25) is 5.91 Å². The fourth-order valence-corrected chi connectivity index (χ4v) is 1.90.